The molecule has 0 aromatic carbocycles. The minimum absolute atomic E-state index is 0.294. The summed E-state index contributed by atoms with van der Waals surface area (Å²) in [5, 5.41) is 13.0. The molecule has 0 amide bonds. The lowest BCUT2D eigenvalue weighted by Gasteiger charge is -2.17. The number of furan rings is 1. The van der Waals surface area contributed by atoms with Crippen LogP contribution in [0, 0.1) is 5.92 Å². The average Bonchev–Trinajstić information content (AvgIpc) is 2.76. The van der Waals surface area contributed by atoms with Crippen LogP contribution in [0.15, 0.2) is 29.0 Å². The normalized spacial score (nSPS) is 12.8. The van der Waals surface area contributed by atoms with Crippen molar-refractivity contribution in [2.45, 2.75) is 26.3 Å². The maximum absolute atomic E-state index is 11.2. The van der Waals surface area contributed by atoms with E-state index in [-0.39, 0.29) is 0 Å². The van der Waals surface area contributed by atoms with Crippen LogP contribution >= 0.6 is 0 Å². The largest absolute Gasteiger partial charge is 0.480 e. The summed E-state index contributed by atoms with van der Waals surface area (Å²) in [5.74, 6) is -0.0255. The molecule has 5 heteroatoms. The van der Waals surface area contributed by atoms with Crippen LogP contribution in [-0.2, 0) is 4.79 Å². The maximum Gasteiger partial charge on any atom is 0.326 e. The topological polar surface area (TPSA) is 75.4 Å². The molecule has 1 atom stereocenters. The first-order chi connectivity index (χ1) is 8.58. The second kappa shape index (κ2) is 5.08. The Morgan fingerprint density at radius 1 is 1.50 bits per heavy atom. The van der Waals surface area contributed by atoms with E-state index >= 15 is 0 Å². The van der Waals surface area contributed by atoms with Crippen LogP contribution in [0.25, 0.3) is 11.0 Å². The fraction of sp³-hybridized carbons (Fsp3) is 0.385. The van der Waals surface area contributed by atoms with Crippen molar-refractivity contribution in [2.75, 3.05) is 5.32 Å². The third-order valence-electron chi connectivity index (χ3n) is 2.70. The van der Waals surface area contributed by atoms with Crippen LogP contribution in [-0.4, -0.2) is 22.1 Å². The number of hydrogen-bond acceptors (Lipinski definition) is 4. The number of hydrogen-bond donors (Lipinski definition) is 2. The molecule has 0 aliphatic heterocycles. The molecular weight excluding hydrogens is 232 g/mol. The van der Waals surface area contributed by atoms with Gasteiger partial charge in [-0.15, -0.1) is 0 Å². The molecule has 0 spiro atoms. The molecule has 0 saturated heterocycles. The second-order valence-corrected chi connectivity index (χ2v) is 4.66. The van der Waals surface area contributed by atoms with E-state index < -0.39 is 12.0 Å². The van der Waals surface area contributed by atoms with Gasteiger partial charge in [0.2, 0.25) is 0 Å². The molecule has 0 saturated carbocycles. The van der Waals surface area contributed by atoms with Gasteiger partial charge in [0.1, 0.15) is 17.4 Å². The summed E-state index contributed by atoms with van der Waals surface area (Å²) in [4.78, 5) is 15.4. The van der Waals surface area contributed by atoms with Crippen LogP contribution < -0.4 is 5.32 Å². The fourth-order valence-corrected chi connectivity index (χ4v) is 1.87. The molecule has 96 valence electrons. The van der Waals surface area contributed by atoms with Gasteiger partial charge in [0.15, 0.2) is 0 Å². The van der Waals surface area contributed by atoms with Crippen LogP contribution in [0.2, 0.25) is 0 Å². The number of aromatic nitrogens is 1. The van der Waals surface area contributed by atoms with Crippen molar-refractivity contribution in [1.29, 1.82) is 0 Å². The Kier molecular flexibility index (Phi) is 3.50. The van der Waals surface area contributed by atoms with E-state index in [9.17, 15) is 9.90 Å². The number of aliphatic carboxylic acids is 1. The van der Waals surface area contributed by atoms with Crippen molar-refractivity contribution in [3.63, 3.8) is 0 Å². The molecule has 2 N–H and O–H groups in total. The highest BCUT2D eigenvalue weighted by Crippen LogP contribution is 2.23. The molecule has 2 heterocycles. The summed E-state index contributed by atoms with van der Waals surface area (Å²) in [6.07, 6.45) is 3.71. The van der Waals surface area contributed by atoms with Gasteiger partial charge in [-0.2, -0.15) is 0 Å². The average molecular weight is 248 g/mol. The molecule has 0 aliphatic rings. The first-order valence-corrected chi connectivity index (χ1v) is 5.89. The Morgan fingerprint density at radius 2 is 2.28 bits per heavy atom. The van der Waals surface area contributed by atoms with Crippen LogP contribution in [0.4, 0.5) is 5.82 Å². The molecule has 0 bridgehead atoms. The quantitative estimate of drug-likeness (QED) is 0.850. The van der Waals surface area contributed by atoms with Crippen LogP contribution in [0.1, 0.15) is 20.3 Å². The van der Waals surface area contributed by atoms with E-state index in [1.165, 1.54) is 0 Å². The van der Waals surface area contributed by atoms with E-state index in [2.05, 4.69) is 10.3 Å². The van der Waals surface area contributed by atoms with E-state index in [0.29, 0.717) is 23.7 Å². The van der Waals surface area contributed by atoms with Gasteiger partial charge >= 0.3 is 5.97 Å². The van der Waals surface area contributed by atoms with Crippen molar-refractivity contribution in [3.8, 4) is 0 Å². The number of fused-ring (bicyclic) bond motifs is 1. The highest BCUT2D eigenvalue weighted by molar-refractivity contribution is 5.89. The molecule has 2 rings (SSSR count). The van der Waals surface area contributed by atoms with Crippen LogP contribution in [0.5, 0.6) is 0 Å². The van der Waals surface area contributed by atoms with Gasteiger partial charge in [-0.25, -0.2) is 9.78 Å². The lowest BCUT2D eigenvalue weighted by Crippen LogP contribution is -2.31. The third kappa shape index (κ3) is 2.61. The molecule has 5 nitrogen and oxygen atoms in total. The third-order valence-corrected chi connectivity index (χ3v) is 2.70. The Labute approximate surface area is 105 Å². The summed E-state index contributed by atoms with van der Waals surface area (Å²) in [6.45, 7) is 3.98. The monoisotopic (exact) mass is 248 g/mol. The maximum atomic E-state index is 11.2. The van der Waals surface area contributed by atoms with Crippen molar-refractivity contribution in [2.24, 2.45) is 5.92 Å². The van der Waals surface area contributed by atoms with Crippen molar-refractivity contribution >= 4 is 22.8 Å². The fourth-order valence-electron chi connectivity index (χ4n) is 1.87. The predicted octanol–water partition coefficient (Wildman–Crippen LogP) is 2.74. The molecular formula is C13H16N2O3. The molecule has 2 aromatic rings. The summed E-state index contributed by atoms with van der Waals surface area (Å²) < 4.78 is 5.25. The summed E-state index contributed by atoms with van der Waals surface area (Å²) in [6, 6.07) is 2.88. The Bertz CT molecular complexity index is 548. The Morgan fingerprint density at radius 3 is 2.94 bits per heavy atom. The first-order valence-electron chi connectivity index (χ1n) is 5.89. The Balaban J connectivity index is 2.25. The highest BCUT2D eigenvalue weighted by Gasteiger charge is 2.20. The zero-order valence-corrected chi connectivity index (χ0v) is 10.4. The smallest absolute Gasteiger partial charge is 0.326 e. The Hall–Kier alpha value is -2.04. The van der Waals surface area contributed by atoms with Gasteiger partial charge in [-0.05, 0) is 24.5 Å². The predicted molar refractivity (Wildman–Crippen MR) is 68.5 cm³/mol. The summed E-state index contributed by atoms with van der Waals surface area (Å²) in [5.41, 5.74) is 0.696. The molecule has 0 radical (unpaired) electrons. The number of nitrogens with zero attached hydrogens (tertiary/aromatic N) is 1. The molecule has 0 fully saturated rings. The molecule has 18 heavy (non-hydrogen) atoms. The number of rotatable bonds is 5. The number of nitrogens with one attached hydrogen (secondary N) is 1. The summed E-state index contributed by atoms with van der Waals surface area (Å²) in [7, 11) is 0. The molecule has 0 unspecified atom stereocenters. The van der Waals surface area contributed by atoms with Crippen LogP contribution in [0.3, 0.4) is 0 Å². The van der Waals surface area contributed by atoms with Crippen molar-refractivity contribution in [3.05, 3.63) is 24.6 Å². The zero-order chi connectivity index (χ0) is 13.1. The second-order valence-electron chi connectivity index (χ2n) is 4.66. The zero-order valence-electron chi connectivity index (χ0n) is 10.4. The van der Waals surface area contributed by atoms with Crippen molar-refractivity contribution in [1.82, 2.24) is 4.98 Å². The van der Waals surface area contributed by atoms with Gasteiger partial charge < -0.3 is 14.8 Å². The van der Waals surface area contributed by atoms with E-state index in [0.717, 1.165) is 5.39 Å². The number of carbonyl (C=O) groups is 1. The lowest BCUT2D eigenvalue weighted by molar-refractivity contribution is -0.138. The number of anilines is 1. The van der Waals surface area contributed by atoms with Gasteiger partial charge in [0, 0.05) is 6.20 Å². The van der Waals surface area contributed by atoms with E-state index in [1.54, 1.807) is 24.6 Å². The van der Waals surface area contributed by atoms with Gasteiger partial charge in [0.25, 0.3) is 0 Å². The lowest BCUT2D eigenvalue weighted by atomic mass is 10.0. The van der Waals surface area contributed by atoms with Gasteiger partial charge in [-0.1, -0.05) is 13.8 Å². The summed E-state index contributed by atoms with van der Waals surface area (Å²) >= 11 is 0. The standard InChI is InChI=1S/C13H16N2O3/c1-8(2)7-10(13(16)17)15-12-9-4-6-18-11(9)3-5-14-12/h3-6,8,10H,7H2,1-2H3,(H,14,15)(H,16,17)/t10-/m1/s1. The first kappa shape index (κ1) is 12.4. The number of carboxylic acid groups (broad SMARTS) is 1. The minimum Gasteiger partial charge on any atom is -0.480 e. The van der Waals surface area contributed by atoms with E-state index in [4.69, 9.17) is 4.42 Å². The van der Waals surface area contributed by atoms with Gasteiger partial charge in [0.05, 0.1) is 11.6 Å². The van der Waals surface area contributed by atoms with E-state index in [1.807, 2.05) is 13.8 Å². The SMILES string of the molecule is CC(C)C[C@@H](Nc1nccc2occc12)C(=O)O. The minimum atomic E-state index is -0.869. The molecule has 0 aliphatic carbocycles. The highest BCUT2D eigenvalue weighted by atomic mass is 16.4. The molecule has 2 aromatic heterocycles. The van der Waals surface area contributed by atoms with Gasteiger partial charge in [-0.3, -0.25) is 0 Å². The number of pyridine rings is 1. The van der Waals surface area contributed by atoms with Crippen molar-refractivity contribution < 1.29 is 14.3 Å². The number of carboxylic acids is 1.